The highest BCUT2D eigenvalue weighted by atomic mass is 35.5. The first-order valence-electron chi connectivity index (χ1n) is 4.98. The van der Waals surface area contributed by atoms with Crippen molar-refractivity contribution in [3.63, 3.8) is 0 Å². The van der Waals surface area contributed by atoms with E-state index in [2.05, 4.69) is 5.32 Å². The second-order valence-corrected chi connectivity index (χ2v) is 3.83. The number of aliphatic hydroxyl groups is 1. The molecule has 0 unspecified atom stereocenters. The number of aryl methyl sites for hydroxylation is 1. The Kier molecular flexibility index (Phi) is 5.08. The number of carbonyl (C=O) groups is 1. The zero-order valence-electron chi connectivity index (χ0n) is 8.74. The third-order valence-electron chi connectivity index (χ3n) is 2.20. The van der Waals surface area contributed by atoms with Crippen LogP contribution in [0.5, 0.6) is 0 Å². The molecule has 0 aliphatic carbocycles. The van der Waals surface area contributed by atoms with Gasteiger partial charge in [0.15, 0.2) is 0 Å². The van der Waals surface area contributed by atoms with Gasteiger partial charge in [0, 0.05) is 11.6 Å². The molecule has 0 fully saturated rings. The summed E-state index contributed by atoms with van der Waals surface area (Å²) in [6.45, 7) is 0.340. The summed E-state index contributed by atoms with van der Waals surface area (Å²) in [4.78, 5) is 10.2. The van der Waals surface area contributed by atoms with Gasteiger partial charge in [-0.05, 0) is 30.0 Å². The van der Waals surface area contributed by atoms with Gasteiger partial charge in [0.25, 0.3) is 0 Å². The van der Waals surface area contributed by atoms with E-state index in [0.717, 1.165) is 18.4 Å². The third kappa shape index (κ3) is 4.08. The maximum absolute atomic E-state index is 10.2. The highest BCUT2D eigenvalue weighted by Gasteiger charge is 2.01. The van der Waals surface area contributed by atoms with Gasteiger partial charge in [-0.25, -0.2) is 4.79 Å². The number of nitrogens with one attached hydrogen (secondary N) is 1. The Labute approximate surface area is 98.9 Å². The van der Waals surface area contributed by atoms with Crippen LogP contribution in [0, 0.1) is 0 Å². The standard InChI is InChI=1S/C11H14ClNO3/c12-10-4-3-8(6-9(10)7-14)2-1-5-13-11(15)16/h3-4,6,13-14H,1-2,5,7H2,(H,15,16). The van der Waals surface area contributed by atoms with Crippen LogP contribution in [0.3, 0.4) is 0 Å². The fourth-order valence-electron chi connectivity index (χ4n) is 1.39. The number of rotatable bonds is 5. The first kappa shape index (κ1) is 12.8. The fourth-order valence-corrected chi connectivity index (χ4v) is 1.57. The van der Waals surface area contributed by atoms with E-state index in [9.17, 15) is 4.79 Å². The van der Waals surface area contributed by atoms with Crippen LogP contribution in [0.1, 0.15) is 17.5 Å². The lowest BCUT2D eigenvalue weighted by atomic mass is 10.1. The first-order chi connectivity index (χ1) is 7.63. The Morgan fingerprint density at radius 1 is 1.44 bits per heavy atom. The quantitative estimate of drug-likeness (QED) is 0.693. The topological polar surface area (TPSA) is 69.6 Å². The lowest BCUT2D eigenvalue weighted by molar-refractivity contribution is 0.194. The van der Waals surface area contributed by atoms with E-state index in [1.165, 1.54) is 0 Å². The molecule has 0 spiro atoms. The van der Waals surface area contributed by atoms with Crippen molar-refractivity contribution in [3.8, 4) is 0 Å². The number of aliphatic hydroxyl groups excluding tert-OH is 1. The van der Waals surface area contributed by atoms with Crippen LogP contribution >= 0.6 is 11.6 Å². The summed E-state index contributed by atoms with van der Waals surface area (Å²) in [5, 5.41) is 20.2. The van der Waals surface area contributed by atoms with Crippen molar-refractivity contribution in [1.82, 2.24) is 5.32 Å². The van der Waals surface area contributed by atoms with Crippen molar-refractivity contribution in [2.75, 3.05) is 6.54 Å². The molecule has 16 heavy (non-hydrogen) atoms. The van der Waals surface area contributed by atoms with Gasteiger partial charge >= 0.3 is 6.09 Å². The summed E-state index contributed by atoms with van der Waals surface area (Å²) in [5.74, 6) is 0. The summed E-state index contributed by atoms with van der Waals surface area (Å²) in [6.07, 6.45) is 0.468. The molecule has 0 aliphatic heterocycles. The maximum atomic E-state index is 10.2. The molecule has 0 saturated carbocycles. The van der Waals surface area contributed by atoms with E-state index in [1.54, 1.807) is 6.07 Å². The van der Waals surface area contributed by atoms with Crippen LogP contribution < -0.4 is 5.32 Å². The average molecular weight is 244 g/mol. The molecule has 1 aromatic rings. The fraction of sp³-hybridized carbons (Fsp3) is 0.364. The van der Waals surface area contributed by atoms with E-state index in [4.69, 9.17) is 21.8 Å². The van der Waals surface area contributed by atoms with Crippen LogP contribution in [0.2, 0.25) is 5.02 Å². The molecular weight excluding hydrogens is 230 g/mol. The van der Waals surface area contributed by atoms with Crippen molar-refractivity contribution in [3.05, 3.63) is 34.3 Å². The zero-order chi connectivity index (χ0) is 12.0. The van der Waals surface area contributed by atoms with Crippen LogP contribution in [-0.4, -0.2) is 22.9 Å². The Bertz CT molecular complexity index is 368. The summed E-state index contributed by atoms with van der Waals surface area (Å²) >= 11 is 5.85. The molecule has 0 bridgehead atoms. The number of amides is 1. The van der Waals surface area contributed by atoms with Gasteiger partial charge in [-0.2, -0.15) is 0 Å². The average Bonchev–Trinajstić information content (AvgIpc) is 2.26. The highest BCUT2D eigenvalue weighted by molar-refractivity contribution is 6.31. The molecule has 0 atom stereocenters. The van der Waals surface area contributed by atoms with Crippen molar-refractivity contribution in [2.24, 2.45) is 0 Å². The molecule has 88 valence electrons. The molecule has 0 radical (unpaired) electrons. The molecule has 1 aromatic carbocycles. The van der Waals surface area contributed by atoms with Crippen LogP contribution in [0.4, 0.5) is 4.79 Å². The zero-order valence-corrected chi connectivity index (χ0v) is 9.50. The lowest BCUT2D eigenvalue weighted by Gasteiger charge is -2.05. The highest BCUT2D eigenvalue weighted by Crippen LogP contribution is 2.18. The minimum absolute atomic E-state index is 0.0833. The van der Waals surface area contributed by atoms with E-state index >= 15 is 0 Å². The van der Waals surface area contributed by atoms with Crippen LogP contribution in [0.15, 0.2) is 18.2 Å². The normalized spacial score (nSPS) is 10.1. The van der Waals surface area contributed by atoms with Crippen LogP contribution in [0.25, 0.3) is 0 Å². The van der Waals surface area contributed by atoms with Gasteiger partial charge in [-0.1, -0.05) is 23.7 Å². The molecule has 5 heteroatoms. The molecular formula is C11H14ClNO3. The Morgan fingerprint density at radius 2 is 2.19 bits per heavy atom. The summed E-state index contributed by atoms with van der Waals surface area (Å²) in [6, 6.07) is 5.46. The second-order valence-electron chi connectivity index (χ2n) is 3.42. The molecule has 3 N–H and O–H groups in total. The van der Waals surface area contributed by atoms with E-state index in [-0.39, 0.29) is 6.61 Å². The van der Waals surface area contributed by atoms with Gasteiger partial charge in [0.05, 0.1) is 6.61 Å². The molecule has 4 nitrogen and oxygen atoms in total. The molecule has 0 heterocycles. The number of benzene rings is 1. The monoisotopic (exact) mass is 243 g/mol. The summed E-state index contributed by atoms with van der Waals surface area (Å²) < 4.78 is 0. The van der Waals surface area contributed by atoms with Gasteiger partial charge in [-0.3, -0.25) is 0 Å². The Hall–Kier alpha value is -1.26. The molecule has 0 aliphatic rings. The smallest absolute Gasteiger partial charge is 0.404 e. The van der Waals surface area contributed by atoms with Gasteiger partial charge in [0.1, 0.15) is 0 Å². The summed E-state index contributed by atoms with van der Waals surface area (Å²) in [7, 11) is 0. The molecule has 0 saturated heterocycles. The number of hydrogen-bond donors (Lipinski definition) is 3. The Morgan fingerprint density at radius 3 is 2.81 bits per heavy atom. The number of hydrogen-bond acceptors (Lipinski definition) is 2. The van der Waals surface area contributed by atoms with Gasteiger partial charge in [0.2, 0.25) is 0 Å². The summed E-state index contributed by atoms with van der Waals surface area (Å²) in [5.41, 5.74) is 1.74. The molecule has 0 aromatic heterocycles. The second kappa shape index (κ2) is 6.35. The van der Waals surface area contributed by atoms with E-state index in [1.807, 2.05) is 12.1 Å². The predicted octanol–water partition coefficient (Wildman–Crippen LogP) is 2.03. The minimum Gasteiger partial charge on any atom is -0.465 e. The van der Waals surface area contributed by atoms with Gasteiger partial charge in [-0.15, -0.1) is 0 Å². The van der Waals surface area contributed by atoms with Crippen molar-refractivity contribution < 1.29 is 15.0 Å². The first-order valence-corrected chi connectivity index (χ1v) is 5.36. The largest absolute Gasteiger partial charge is 0.465 e. The molecule has 1 amide bonds. The van der Waals surface area contributed by atoms with E-state index < -0.39 is 6.09 Å². The predicted molar refractivity (Wildman–Crippen MR) is 61.7 cm³/mol. The van der Waals surface area contributed by atoms with Gasteiger partial charge < -0.3 is 15.5 Å². The number of carboxylic acid groups (broad SMARTS) is 1. The SMILES string of the molecule is O=C(O)NCCCc1ccc(Cl)c(CO)c1. The van der Waals surface area contributed by atoms with E-state index in [0.29, 0.717) is 17.1 Å². The maximum Gasteiger partial charge on any atom is 0.404 e. The molecule has 1 rings (SSSR count). The van der Waals surface area contributed by atoms with Crippen LogP contribution in [-0.2, 0) is 13.0 Å². The third-order valence-corrected chi connectivity index (χ3v) is 2.57. The lowest BCUT2D eigenvalue weighted by Crippen LogP contribution is -2.22. The minimum atomic E-state index is -1.01. The van der Waals surface area contributed by atoms with Crippen molar-refractivity contribution in [2.45, 2.75) is 19.4 Å². The van der Waals surface area contributed by atoms with Crippen molar-refractivity contribution >= 4 is 17.7 Å². The number of halogens is 1. The Balaban J connectivity index is 2.45. The van der Waals surface area contributed by atoms with Crippen molar-refractivity contribution in [1.29, 1.82) is 0 Å².